The maximum atomic E-state index is 13.8. The molecule has 1 aromatic heterocycles. The van der Waals surface area contributed by atoms with Crippen LogP contribution in [0, 0.1) is 5.92 Å². The third-order valence-electron chi connectivity index (χ3n) is 6.78. The van der Waals surface area contributed by atoms with Crippen molar-refractivity contribution in [1.29, 1.82) is 0 Å². The van der Waals surface area contributed by atoms with E-state index in [1.165, 1.54) is 22.7 Å². The highest BCUT2D eigenvalue weighted by atomic mass is 32.1. The van der Waals surface area contributed by atoms with Gasteiger partial charge in [-0.2, -0.15) is 0 Å². The van der Waals surface area contributed by atoms with Crippen LogP contribution in [0.2, 0.25) is 0 Å². The smallest absolute Gasteiger partial charge is 0.273 e. The number of aromatic nitrogens is 2. The van der Waals surface area contributed by atoms with Gasteiger partial charge in [-0.05, 0) is 37.3 Å². The van der Waals surface area contributed by atoms with Gasteiger partial charge in [-0.15, -0.1) is 10.2 Å². The molecule has 168 valence electrons. The van der Waals surface area contributed by atoms with Crippen LogP contribution in [-0.2, 0) is 9.59 Å². The molecule has 2 aromatic rings. The molecule has 2 fully saturated rings. The molecule has 32 heavy (non-hydrogen) atoms. The van der Waals surface area contributed by atoms with Crippen molar-refractivity contribution in [3.8, 4) is 0 Å². The number of carbonyl (C=O) groups excluding carboxylic acids is 3. The highest BCUT2D eigenvalue weighted by Crippen LogP contribution is 2.45. The third kappa shape index (κ3) is 3.21. The topological polar surface area (TPSA) is 95.5 Å². The number of benzene rings is 1. The van der Waals surface area contributed by atoms with Gasteiger partial charge in [-0.3, -0.25) is 24.6 Å². The summed E-state index contributed by atoms with van der Waals surface area (Å²) in [6.07, 6.45) is 4.58. The van der Waals surface area contributed by atoms with Crippen LogP contribution in [0.5, 0.6) is 0 Å². The molecular weight excluding hydrogens is 426 g/mol. The van der Waals surface area contributed by atoms with Crippen LogP contribution in [0.3, 0.4) is 0 Å². The fourth-order valence-electron chi connectivity index (χ4n) is 4.78. The Bertz CT molecular complexity index is 1080. The minimum absolute atomic E-state index is 0.151. The van der Waals surface area contributed by atoms with Gasteiger partial charge in [-0.25, -0.2) is 0 Å². The average molecular weight is 454 g/mol. The van der Waals surface area contributed by atoms with Gasteiger partial charge in [0.1, 0.15) is 5.01 Å². The SMILES string of the molecule is CC(C)CCN1C(=O)c2ccccc2N2C(=O)CC[C@]12C(=O)Nc1nnc(C2CCC2)s1. The first-order valence-electron chi connectivity index (χ1n) is 11.3. The Kier molecular flexibility index (Phi) is 5.23. The molecule has 0 radical (unpaired) electrons. The van der Waals surface area contributed by atoms with Crippen molar-refractivity contribution < 1.29 is 14.4 Å². The Morgan fingerprint density at radius 2 is 2.03 bits per heavy atom. The van der Waals surface area contributed by atoms with Crippen molar-refractivity contribution in [2.24, 2.45) is 5.92 Å². The van der Waals surface area contributed by atoms with E-state index < -0.39 is 11.6 Å². The quantitative estimate of drug-likeness (QED) is 0.718. The van der Waals surface area contributed by atoms with E-state index in [0.29, 0.717) is 34.8 Å². The van der Waals surface area contributed by atoms with E-state index in [1.54, 1.807) is 29.2 Å². The van der Waals surface area contributed by atoms with Crippen LogP contribution in [0.25, 0.3) is 0 Å². The van der Waals surface area contributed by atoms with Crippen molar-refractivity contribution in [1.82, 2.24) is 15.1 Å². The van der Waals surface area contributed by atoms with Crippen LogP contribution >= 0.6 is 11.3 Å². The number of fused-ring (bicyclic) bond motifs is 3. The van der Waals surface area contributed by atoms with E-state index in [2.05, 4.69) is 29.4 Å². The van der Waals surface area contributed by atoms with Gasteiger partial charge in [0, 0.05) is 25.3 Å². The fraction of sp³-hybridized carbons (Fsp3) is 0.522. The molecule has 1 atom stereocenters. The highest BCUT2D eigenvalue weighted by Gasteiger charge is 2.60. The fourth-order valence-corrected chi connectivity index (χ4v) is 5.68. The monoisotopic (exact) mass is 453 g/mol. The Morgan fingerprint density at radius 1 is 1.25 bits per heavy atom. The second kappa shape index (κ2) is 7.95. The number of nitrogens with zero attached hydrogens (tertiary/aromatic N) is 4. The van der Waals surface area contributed by atoms with Crippen LogP contribution < -0.4 is 10.2 Å². The van der Waals surface area contributed by atoms with Gasteiger partial charge in [0.2, 0.25) is 16.7 Å². The number of anilines is 2. The first-order valence-corrected chi connectivity index (χ1v) is 12.1. The summed E-state index contributed by atoms with van der Waals surface area (Å²) in [4.78, 5) is 43.6. The van der Waals surface area contributed by atoms with Crippen molar-refractivity contribution in [3.05, 3.63) is 34.8 Å². The van der Waals surface area contributed by atoms with Gasteiger partial charge in [0.25, 0.3) is 11.8 Å². The predicted molar refractivity (Wildman–Crippen MR) is 122 cm³/mol. The molecule has 1 aliphatic carbocycles. The van der Waals surface area contributed by atoms with Gasteiger partial charge < -0.3 is 4.90 Å². The van der Waals surface area contributed by atoms with Gasteiger partial charge in [0.05, 0.1) is 11.3 Å². The molecule has 8 nitrogen and oxygen atoms in total. The lowest BCUT2D eigenvalue weighted by Crippen LogP contribution is -2.69. The molecule has 3 amide bonds. The predicted octanol–water partition coefficient (Wildman–Crippen LogP) is 3.77. The van der Waals surface area contributed by atoms with Crippen LogP contribution in [0.1, 0.15) is 73.7 Å². The molecule has 9 heteroatoms. The zero-order chi connectivity index (χ0) is 22.5. The van der Waals surface area contributed by atoms with E-state index in [1.807, 2.05) is 0 Å². The molecule has 2 aliphatic heterocycles. The van der Waals surface area contributed by atoms with Crippen LogP contribution in [0.15, 0.2) is 24.3 Å². The summed E-state index contributed by atoms with van der Waals surface area (Å²) in [5, 5.41) is 12.7. The lowest BCUT2D eigenvalue weighted by atomic mass is 9.86. The van der Waals surface area contributed by atoms with E-state index in [-0.39, 0.29) is 24.7 Å². The summed E-state index contributed by atoms with van der Waals surface area (Å²) in [5.41, 5.74) is -0.429. The maximum absolute atomic E-state index is 13.8. The first-order chi connectivity index (χ1) is 15.4. The van der Waals surface area contributed by atoms with Gasteiger partial charge >= 0.3 is 0 Å². The molecular formula is C23H27N5O3S. The molecule has 0 bridgehead atoms. The second-order valence-corrected chi connectivity index (χ2v) is 10.2. The molecule has 0 spiro atoms. The second-order valence-electron chi connectivity index (χ2n) is 9.23. The van der Waals surface area contributed by atoms with E-state index in [4.69, 9.17) is 0 Å². The number of hydrogen-bond donors (Lipinski definition) is 1. The first kappa shape index (κ1) is 21.1. The van der Waals surface area contributed by atoms with Crippen molar-refractivity contribution in [2.45, 2.75) is 64.0 Å². The largest absolute Gasteiger partial charge is 0.307 e. The zero-order valence-corrected chi connectivity index (χ0v) is 19.2. The Hall–Kier alpha value is -2.81. The zero-order valence-electron chi connectivity index (χ0n) is 18.3. The normalized spacial score (nSPS) is 22.7. The molecule has 1 saturated heterocycles. The Balaban J connectivity index is 1.53. The van der Waals surface area contributed by atoms with Crippen molar-refractivity contribution >= 4 is 39.9 Å². The molecule has 1 saturated carbocycles. The number of rotatable bonds is 6. The van der Waals surface area contributed by atoms with Crippen LogP contribution in [-0.4, -0.2) is 45.0 Å². The van der Waals surface area contributed by atoms with E-state index >= 15 is 0 Å². The van der Waals surface area contributed by atoms with Gasteiger partial charge in [0.15, 0.2) is 0 Å². The summed E-state index contributed by atoms with van der Waals surface area (Å²) in [5.74, 6) is 0.00786. The molecule has 3 aliphatic rings. The number of amides is 3. The van der Waals surface area contributed by atoms with Crippen LogP contribution in [0.4, 0.5) is 10.8 Å². The lowest BCUT2D eigenvalue weighted by Gasteiger charge is -2.49. The summed E-state index contributed by atoms with van der Waals surface area (Å²) in [6.45, 7) is 4.55. The molecule has 3 heterocycles. The van der Waals surface area contributed by atoms with Crippen molar-refractivity contribution in [3.63, 3.8) is 0 Å². The number of carbonyl (C=O) groups is 3. The highest BCUT2D eigenvalue weighted by molar-refractivity contribution is 7.15. The minimum atomic E-state index is -1.39. The maximum Gasteiger partial charge on any atom is 0.273 e. The van der Waals surface area contributed by atoms with E-state index in [0.717, 1.165) is 24.3 Å². The Morgan fingerprint density at radius 3 is 2.75 bits per heavy atom. The summed E-state index contributed by atoms with van der Waals surface area (Å²) >= 11 is 1.39. The minimum Gasteiger partial charge on any atom is -0.307 e. The average Bonchev–Trinajstić information content (AvgIpc) is 3.31. The number of nitrogens with one attached hydrogen (secondary N) is 1. The van der Waals surface area contributed by atoms with Crippen molar-refractivity contribution in [2.75, 3.05) is 16.8 Å². The molecule has 1 aromatic carbocycles. The summed E-state index contributed by atoms with van der Waals surface area (Å²) < 4.78 is 0. The summed E-state index contributed by atoms with van der Waals surface area (Å²) in [7, 11) is 0. The summed E-state index contributed by atoms with van der Waals surface area (Å²) in [6, 6.07) is 7.05. The lowest BCUT2D eigenvalue weighted by molar-refractivity contribution is -0.129. The Labute approximate surface area is 191 Å². The van der Waals surface area contributed by atoms with Gasteiger partial charge in [-0.1, -0.05) is 43.7 Å². The molecule has 0 unspecified atom stereocenters. The number of hydrogen-bond acceptors (Lipinski definition) is 6. The van der Waals surface area contributed by atoms with E-state index in [9.17, 15) is 14.4 Å². The molecule has 5 rings (SSSR count). The standard InChI is InChI=1S/C23H27N5O3S/c1-14(2)11-13-27-20(30)16-8-3-4-9-17(16)28-18(29)10-12-23(27,28)21(31)24-22-26-25-19(32-22)15-6-5-7-15/h3-4,8-9,14-15H,5-7,10-13H2,1-2H3,(H,24,26,31)/t23-/m0/s1. The molecule has 1 N–H and O–H groups in total. The third-order valence-corrected chi connectivity index (χ3v) is 7.78. The number of para-hydroxylation sites is 1.